The van der Waals surface area contributed by atoms with Crippen LogP contribution in [0.3, 0.4) is 0 Å². The second kappa shape index (κ2) is 11.7. The van der Waals surface area contributed by atoms with Crippen molar-refractivity contribution in [1.82, 2.24) is 0 Å². The Morgan fingerprint density at radius 3 is 1.58 bits per heavy atom. The van der Waals surface area contributed by atoms with Crippen molar-refractivity contribution in [1.29, 1.82) is 0 Å². The minimum absolute atomic E-state index is 0.0824. The molecule has 0 saturated heterocycles. The normalized spacial score (nSPS) is 10.9. The SMILES string of the molecule is CCOc1ccc([S+](c2ccccc2)c2ccccc2)cc1.Cc1ccc(S(=O)(=O)[O-])cc1. The lowest BCUT2D eigenvalue weighted by Gasteiger charge is -2.08. The van der Waals surface area contributed by atoms with Gasteiger partial charge in [-0.1, -0.05) is 54.1 Å². The fourth-order valence-electron chi connectivity index (χ4n) is 3.06. The molecule has 33 heavy (non-hydrogen) atoms. The Bertz CT molecular complexity index is 1180. The molecule has 4 aromatic rings. The maximum Gasteiger partial charge on any atom is 0.166 e. The van der Waals surface area contributed by atoms with Crippen LogP contribution in [0.1, 0.15) is 12.5 Å². The van der Waals surface area contributed by atoms with Crippen molar-refractivity contribution < 1.29 is 17.7 Å². The van der Waals surface area contributed by atoms with Crippen molar-refractivity contribution in [2.45, 2.75) is 33.4 Å². The number of rotatable bonds is 6. The topological polar surface area (TPSA) is 66.4 Å². The summed E-state index contributed by atoms with van der Waals surface area (Å²) in [4.78, 5) is 3.79. The molecule has 0 bridgehead atoms. The first-order chi connectivity index (χ1) is 15.9. The molecule has 0 N–H and O–H groups in total. The third-order valence-corrected chi connectivity index (χ3v) is 7.72. The summed E-state index contributed by atoms with van der Waals surface area (Å²) >= 11 is 0. The molecule has 0 unspecified atom stereocenters. The smallest absolute Gasteiger partial charge is 0.166 e. The van der Waals surface area contributed by atoms with Gasteiger partial charge in [-0.25, -0.2) is 8.42 Å². The van der Waals surface area contributed by atoms with Crippen LogP contribution in [0.25, 0.3) is 0 Å². The molecule has 0 fully saturated rings. The second-order valence-electron chi connectivity index (χ2n) is 7.10. The average Bonchev–Trinajstić information content (AvgIpc) is 2.82. The largest absolute Gasteiger partial charge is 0.744 e. The molecule has 0 saturated carbocycles. The lowest BCUT2D eigenvalue weighted by molar-refractivity contribution is 0.340. The Kier molecular flexibility index (Phi) is 8.72. The highest BCUT2D eigenvalue weighted by Crippen LogP contribution is 2.31. The summed E-state index contributed by atoms with van der Waals surface area (Å²) in [5.74, 6) is 0.927. The molecule has 0 spiro atoms. The first-order valence-electron chi connectivity index (χ1n) is 10.5. The predicted molar refractivity (Wildman–Crippen MR) is 132 cm³/mol. The Labute approximate surface area is 199 Å². The van der Waals surface area contributed by atoms with E-state index in [9.17, 15) is 13.0 Å². The van der Waals surface area contributed by atoms with Crippen molar-refractivity contribution in [2.24, 2.45) is 0 Å². The Morgan fingerprint density at radius 1 is 0.697 bits per heavy atom. The van der Waals surface area contributed by atoms with Crippen LogP contribution in [0.15, 0.2) is 129 Å². The van der Waals surface area contributed by atoms with Crippen molar-refractivity contribution in [2.75, 3.05) is 6.61 Å². The molecule has 6 heteroatoms. The zero-order chi connectivity index (χ0) is 23.7. The molecule has 4 nitrogen and oxygen atoms in total. The zero-order valence-electron chi connectivity index (χ0n) is 18.5. The maximum absolute atomic E-state index is 10.4. The average molecular weight is 479 g/mol. The summed E-state index contributed by atoms with van der Waals surface area (Å²) in [6, 6.07) is 35.6. The van der Waals surface area contributed by atoms with E-state index in [4.69, 9.17) is 4.74 Å². The van der Waals surface area contributed by atoms with E-state index >= 15 is 0 Å². The van der Waals surface area contributed by atoms with Gasteiger partial charge >= 0.3 is 0 Å². The fourth-order valence-corrected chi connectivity index (χ4v) is 5.62. The molecule has 170 valence electrons. The molecule has 0 aliphatic rings. The summed E-state index contributed by atoms with van der Waals surface area (Å²) in [5, 5.41) is 0. The molecular weight excluding hydrogens is 452 g/mol. The summed E-state index contributed by atoms with van der Waals surface area (Å²) in [6.45, 7) is 4.52. The van der Waals surface area contributed by atoms with Gasteiger partial charge in [0.1, 0.15) is 15.9 Å². The van der Waals surface area contributed by atoms with Crippen LogP contribution in [0.5, 0.6) is 5.75 Å². The molecule has 4 aromatic carbocycles. The van der Waals surface area contributed by atoms with Gasteiger partial charge in [-0.05, 0) is 74.5 Å². The highest BCUT2D eigenvalue weighted by molar-refractivity contribution is 7.97. The first kappa shape index (κ1) is 24.6. The van der Waals surface area contributed by atoms with Crippen LogP contribution in [-0.4, -0.2) is 19.6 Å². The summed E-state index contributed by atoms with van der Waals surface area (Å²) < 4.78 is 36.7. The van der Waals surface area contributed by atoms with E-state index in [0.29, 0.717) is 6.61 Å². The summed E-state index contributed by atoms with van der Waals surface area (Å²) in [6.07, 6.45) is 0. The van der Waals surface area contributed by atoms with Gasteiger partial charge in [0.25, 0.3) is 0 Å². The highest BCUT2D eigenvalue weighted by atomic mass is 32.2. The molecular formula is C27H26O4S2. The van der Waals surface area contributed by atoms with Crippen LogP contribution in [0.4, 0.5) is 0 Å². The minimum Gasteiger partial charge on any atom is -0.744 e. The molecule has 0 atom stereocenters. The lowest BCUT2D eigenvalue weighted by Crippen LogP contribution is -2.04. The Hall–Kier alpha value is -3.06. The number of benzene rings is 4. The van der Waals surface area contributed by atoms with Crippen molar-refractivity contribution in [3.05, 3.63) is 115 Å². The van der Waals surface area contributed by atoms with E-state index in [1.807, 2.05) is 13.8 Å². The molecule has 0 aliphatic carbocycles. The third kappa shape index (κ3) is 7.22. The van der Waals surface area contributed by atoms with E-state index in [1.165, 1.54) is 26.8 Å². The number of ether oxygens (including phenoxy) is 1. The number of aryl methyl sites for hydroxylation is 1. The molecule has 0 radical (unpaired) electrons. The Morgan fingerprint density at radius 2 is 1.15 bits per heavy atom. The van der Waals surface area contributed by atoms with Crippen LogP contribution in [0, 0.1) is 6.92 Å². The molecule has 0 aromatic heterocycles. The van der Waals surface area contributed by atoms with Crippen molar-refractivity contribution in [3.63, 3.8) is 0 Å². The zero-order valence-corrected chi connectivity index (χ0v) is 20.2. The van der Waals surface area contributed by atoms with Gasteiger partial charge in [0.05, 0.1) is 22.4 Å². The highest BCUT2D eigenvalue weighted by Gasteiger charge is 2.28. The van der Waals surface area contributed by atoms with Gasteiger partial charge in [-0.3, -0.25) is 0 Å². The monoisotopic (exact) mass is 478 g/mol. The minimum atomic E-state index is -4.27. The van der Waals surface area contributed by atoms with Crippen LogP contribution in [-0.2, 0) is 21.0 Å². The van der Waals surface area contributed by atoms with Crippen LogP contribution < -0.4 is 4.74 Å². The number of hydrogen-bond donors (Lipinski definition) is 0. The first-order valence-corrected chi connectivity index (χ1v) is 13.1. The number of hydrogen-bond acceptors (Lipinski definition) is 4. The molecule has 0 heterocycles. The fraction of sp³-hybridized carbons (Fsp3) is 0.111. The van der Waals surface area contributed by atoms with Crippen molar-refractivity contribution in [3.8, 4) is 5.75 Å². The Balaban J connectivity index is 0.000000235. The maximum atomic E-state index is 10.4. The summed E-state index contributed by atoms with van der Waals surface area (Å²) in [5.41, 5.74) is 0.928. The molecule has 0 aliphatic heterocycles. The van der Waals surface area contributed by atoms with Crippen LogP contribution >= 0.6 is 0 Å². The van der Waals surface area contributed by atoms with Gasteiger partial charge in [-0.15, -0.1) is 0 Å². The van der Waals surface area contributed by atoms with E-state index < -0.39 is 10.1 Å². The van der Waals surface area contributed by atoms with E-state index in [1.54, 1.807) is 12.1 Å². The van der Waals surface area contributed by atoms with E-state index in [-0.39, 0.29) is 15.8 Å². The molecule has 0 amide bonds. The van der Waals surface area contributed by atoms with E-state index in [2.05, 4.69) is 84.9 Å². The standard InChI is InChI=1S/C20H19OS.C7H8O3S/c1-2-21-17-13-15-20(16-14-17)22(18-9-5-3-6-10-18)19-11-7-4-8-12-19;1-6-2-4-7(5-3-6)11(8,9)10/h3-16H,2H2,1H3;2-5H,1H3,(H,8,9,10)/q+1;/p-1. The van der Waals surface area contributed by atoms with Gasteiger partial charge in [0.15, 0.2) is 14.7 Å². The van der Waals surface area contributed by atoms with Crippen LogP contribution in [0.2, 0.25) is 0 Å². The van der Waals surface area contributed by atoms with Gasteiger partial charge in [0.2, 0.25) is 0 Å². The van der Waals surface area contributed by atoms with Gasteiger partial charge < -0.3 is 9.29 Å². The summed E-state index contributed by atoms with van der Waals surface area (Å²) in [7, 11) is -4.35. The van der Waals surface area contributed by atoms with Gasteiger partial charge in [-0.2, -0.15) is 0 Å². The van der Waals surface area contributed by atoms with E-state index in [0.717, 1.165) is 11.3 Å². The second-order valence-corrected chi connectivity index (χ2v) is 10.5. The molecule has 4 rings (SSSR count). The lowest BCUT2D eigenvalue weighted by atomic mass is 10.2. The quantitative estimate of drug-likeness (QED) is 0.249. The van der Waals surface area contributed by atoms with Gasteiger partial charge in [0, 0.05) is 0 Å². The predicted octanol–water partition coefficient (Wildman–Crippen LogP) is 6.08. The third-order valence-electron chi connectivity index (χ3n) is 4.64. The van der Waals surface area contributed by atoms with Crippen molar-refractivity contribution >= 4 is 21.0 Å².